The van der Waals surface area contributed by atoms with Gasteiger partial charge in [0.1, 0.15) is 0 Å². The van der Waals surface area contributed by atoms with E-state index in [0.29, 0.717) is 6.42 Å². The van der Waals surface area contributed by atoms with Crippen molar-refractivity contribution in [3.8, 4) is 0 Å². The molecule has 1 aliphatic rings. The zero-order valence-electron chi connectivity index (χ0n) is 10.2. The molecule has 1 aliphatic heterocycles. The van der Waals surface area contributed by atoms with Crippen LogP contribution >= 0.6 is 11.6 Å². The number of pyridine rings is 1. The smallest absolute Gasteiger partial charge is 0.159 e. The van der Waals surface area contributed by atoms with E-state index in [1.807, 2.05) is 18.2 Å². The summed E-state index contributed by atoms with van der Waals surface area (Å²) in [5.74, 6) is 0. The molecule has 17 heavy (non-hydrogen) atoms. The van der Waals surface area contributed by atoms with Crippen molar-refractivity contribution in [3.63, 3.8) is 0 Å². The van der Waals surface area contributed by atoms with Gasteiger partial charge < -0.3 is 4.74 Å². The molecule has 0 aromatic carbocycles. The van der Waals surface area contributed by atoms with Crippen LogP contribution < -0.4 is 0 Å². The summed E-state index contributed by atoms with van der Waals surface area (Å²) < 4.78 is 5.49. The fourth-order valence-corrected chi connectivity index (χ4v) is 2.55. The van der Waals surface area contributed by atoms with Crippen LogP contribution in [-0.2, 0) is 11.2 Å². The Balaban J connectivity index is 1.98. The number of methoxy groups -OCH3 is 1. The lowest BCUT2D eigenvalue weighted by molar-refractivity contribution is 0.0350. The summed E-state index contributed by atoms with van der Waals surface area (Å²) in [5.41, 5.74) is 0.976. The summed E-state index contributed by atoms with van der Waals surface area (Å²) in [5, 5.41) is -0.654. The van der Waals surface area contributed by atoms with Crippen LogP contribution in [0.1, 0.15) is 18.5 Å². The van der Waals surface area contributed by atoms with Crippen molar-refractivity contribution in [2.45, 2.75) is 24.3 Å². The van der Waals surface area contributed by atoms with Crippen LogP contribution in [0.15, 0.2) is 24.4 Å². The number of hydrogen-bond acceptors (Lipinski definition) is 3. The lowest BCUT2D eigenvalue weighted by atomic mass is 10.1. The molecule has 1 aromatic rings. The molecule has 0 aliphatic carbocycles. The highest BCUT2D eigenvalue weighted by Crippen LogP contribution is 2.24. The summed E-state index contributed by atoms with van der Waals surface area (Å²) in [6.45, 7) is 3.02. The quantitative estimate of drug-likeness (QED) is 0.754. The fourth-order valence-electron chi connectivity index (χ4n) is 2.24. The zero-order chi connectivity index (χ0) is 12.1. The van der Waals surface area contributed by atoms with Gasteiger partial charge in [-0.15, -0.1) is 0 Å². The molecule has 2 heterocycles. The second-order valence-corrected chi connectivity index (χ2v) is 5.26. The molecule has 2 rings (SSSR count). The van der Waals surface area contributed by atoms with E-state index >= 15 is 0 Å². The average Bonchev–Trinajstić information content (AvgIpc) is 2.83. The Kier molecular flexibility index (Phi) is 4.37. The van der Waals surface area contributed by atoms with Crippen LogP contribution in [0, 0.1) is 0 Å². The summed E-state index contributed by atoms with van der Waals surface area (Å²) in [6.07, 6.45) is 4.96. The van der Waals surface area contributed by atoms with E-state index in [1.165, 1.54) is 12.8 Å². The molecule has 0 N–H and O–H groups in total. The van der Waals surface area contributed by atoms with E-state index in [1.54, 1.807) is 13.3 Å². The molecule has 0 amide bonds. The summed E-state index contributed by atoms with van der Waals surface area (Å²) in [6, 6.07) is 5.87. The molecule has 0 radical (unpaired) electrons. The third-order valence-corrected chi connectivity index (χ3v) is 3.60. The minimum absolute atomic E-state index is 0.641. The first-order valence-corrected chi connectivity index (χ1v) is 6.46. The van der Waals surface area contributed by atoms with Crippen LogP contribution in [0.5, 0.6) is 0 Å². The molecular weight excluding hydrogens is 236 g/mol. The molecule has 94 valence electrons. The van der Waals surface area contributed by atoms with Crippen LogP contribution in [0.2, 0.25) is 0 Å². The largest absolute Gasteiger partial charge is 0.361 e. The van der Waals surface area contributed by atoms with Crippen molar-refractivity contribution < 1.29 is 4.74 Å². The highest BCUT2D eigenvalue weighted by Gasteiger charge is 2.31. The number of halogens is 1. The van der Waals surface area contributed by atoms with Gasteiger partial charge in [-0.25, -0.2) is 0 Å². The highest BCUT2D eigenvalue weighted by molar-refractivity contribution is 6.23. The van der Waals surface area contributed by atoms with Crippen molar-refractivity contribution in [2.24, 2.45) is 0 Å². The van der Waals surface area contributed by atoms with Gasteiger partial charge in [-0.3, -0.25) is 9.88 Å². The van der Waals surface area contributed by atoms with Crippen LogP contribution in [0.4, 0.5) is 0 Å². The van der Waals surface area contributed by atoms with Crippen LogP contribution in [0.3, 0.4) is 0 Å². The van der Waals surface area contributed by atoms with Crippen molar-refractivity contribution in [2.75, 3.05) is 26.7 Å². The molecule has 0 spiro atoms. The summed E-state index contributed by atoms with van der Waals surface area (Å²) >= 11 is 6.53. The highest BCUT2D eigenvalue weighted by atomic mass is 35.5. The van der Waals surface area contributed by atoms with E-state index in [4.69, 9.17) is 16.3 Å². The van der Waals surface area contributed by atoms with Gasteiger partial charge in [-0.1, -0.05) is 17.7 Å². The van der Waals surface area contributed by atoms with Gasteiger partial charge in [0, 0.05) is 32.0 Å². The van der Waals surface area contributed by atoms with Gasteiger partial charge in [-0.2, -0.15) is 0 Å². The van der Waals surface area contributed by atoms with Gasteiger partial charge in [0.25, 0.3) is 0 Å². The molecule has 1 saturated heterocycles. The monoisotopic (exact) mass is 254 g/mol. The first-order valence-electron chi connectivity index (χ1n) is 6.08. The van der Waals surface area contributed by atoms with Crippen molar-refractivity contribution in [1.82, 2.24) is 9.88 Å². The second-order valence-electron chi connectivity index (χ2n) is 4.57. The van der Waals surface area contributed by atoms with E-state index in [9.17, 15) is 0 Å². The molecule has 0 unspecified atom stereocenters. The predicted octanol–water partition coefficient (Wildman–Crippen LogP) is 2.30. The third kappa shape index (κ3) is 3.66. The first-order chi connectivity index (χ1) is 8.22. The molecule has 4 heteroatoms. The Hall–Kier alpha value is -0.640. The van der Waals surface area contributed by atoms with Crippen molar-refractivity contribution >= 4 is 11.6 Å². The summed E-state index contributed by atoms with van der Waals surface area (Å²) in [4.78, 5) is 6.66. The van der Waals surface area contributed by atoms with Gasteiger partial charge >= 0.3 is 0 Å². The maximum absolute atomic E-state index is 6.53. The predicted molar refractivity (Wildman–Crippen MR) is 69.2 cm³/mol. The Morgan fingerprint density at radius 2 is 2.18 bits per heavy atom. The minimum atomic E-state index is -0.654. The lowest BCUT2D eigenvalue weighted by Crippen LogP contribution is -2.41. The number of aromatic nitrogens is 1. The van der Waals surface area contributed by atoms with Gasteiger partial charge in [0.15, 0.2) is 5.06 Å². The number of hydrogen-bond donors (Lipinski definition) is 0. The van der Waals surface area contributed by atoms with Crippen LogP contribution in [0.25, 0.3) is 0 Å². The Labute approximate surface area is 108 Å². The second kappa shape index (κ2) is 5.80. The van der Waals surface area contributed by atoms with Gasteiger partial charge in [0.05, 0.1) is 0 Å². The zero-order valence-corrected chi connectivity index (χ0v) is 11.0. The molecule has 0 bridgehead atoms. The number of alkyl halides is 1. The van der Waals surface area contributed by atoms with Gasteiger partial charge in [0.2, 0.25) is 0 Å². The molecule has 3 nitrogen and oxygen atoms in total. The number of ether oxygens (including phenoxy) is 1. The average molecular weight is 255 g/mol. The molecule has 0 saturated carbocycles. The third-order valence-electron chi connectivity index (χ3n) is 3.20. The Bertz CT molecular complexity index is 341. The molecule has 1 fully saturated rings. The Morgan fingerprint density at radius 1 is 1.41 bits per heavy atom. The number of rotatable bonds is 5. The molecule has 1 atom stereocenters. The van der Waals surface area contributed by atoms with E-state index in [0.717, 1.165) is 25.3 Å². The summed E-state index contributed by atoms with van der Waals surface area (Å²) in [7, 11) is 1.67. The van der Waals surface area contributed by atoms with Crippen LogP contribution in [-0.4, -0.2) is 41.7 Å². The van der Waals surface area contributed by atoms with E-state index < -0.39 is 5.06 Å². The topological polar surface area (TPSA) is 25.4 Å². The van der Waals surface area contributed by atoms with Crippen molar-refractivity contribution in [1.29, 1.82) is 0 Å². The normalized spacial score (nSPS) is 20.4. The Morgan fingerprint density at radius 3 is 2.76 bits per heavy atom. The van der Waals surface area contributed by atoms with Gasteiger partial charge in [-0.05, 0) is 38.1 Å². The molecular formula is C13H19ClN2O. The lowest BCUT2D eigenvalue weighted by Gasteiger charge is -2.30. The van der Waals surface area contributed by atoms with E-state index in [2.05, 4.69) is 9.88 Å². The fraction of sp³-hybridized carbons (Fsp3) is 0.615. The standard InChI is InChI=1S/C13H19ClN2O/c1-17-13(14,11-16-8-4-5-9-16)10-12-6-2-3-7-15-12/h2-3,6-7H,4-5,8-11H2,1H3/t13-/m1/s1. The number of nitrogens with zero attached hydrogens (tertiary/aromatic N) is 2. The minimum Gasteiger partial charge on any atom is -0.361 e. The first kappa shape index (κ1) is 12.8. The maximum atomic E-state index is 6.53. The number of likely N-dealkylation sites (tertiary alicyclic amines) is 1. The van der Waals surface area contributed by atoms with Crippen molar-refractivity contribution in [3.05, 3.63) is 30.1 Å². The van der Waals surface area contributed by atoms with E-state index in [-0.39, 0.29) is 0 Å². The molecule has 1 aromatic heterocycles. The maximum Gasteiger partial charge on any atom is 0.159 e. The SMILES string of the molecule is CO[C@](Cl)(Cc1ccccn1)CN1CCCC1.